The fourth-order valence-electron chi connectivity index (χ4n) is 4.20. The number of hydrogen-bond acceptors (Lipinski definition) is 3. The van der Waals surface area contributed by atoms with E-state index in [1.165, 1.54) is 29.7 Å². The molecule has 0 radical (unpaired) electrons. The molecule has 29 heavy (non-hydrogen) atoms. The van der Waals surface area contributed by atoms with Crippen molar-refractivity contribution in [3.63, 3.8) is 0 Å². The Kier molecular flexibility index (Phi) is 8.20. The van der Waals surface area contributed by atoms with Crippen LogP contribution in [-0.2, 0) is 17.8 Å². The summed E-state index contributed by atoms with van der Waals surface area (Å²) in [6.45, 7) is 7.32. The number of rotatable bonds is 7. The quantitative estimate of drug-likeness (QED) is 0.420. The van der Waals surface area contributed by atoms with E-state index in [9.17, 15) is 4.79 Å². The number of amides is 1. The highest BCUT2D eigenvalue weighted by atomic mass is 16.2. The first-order valence-corrected chi connectivity index (χ1v) is 11.3. The molecule has 2 N–H and O–H groups in total. The Morgan fingerprint density at radius 1 is 1.10 bits per heavy atom. The van der Waals surface area contributed by atoms with E-state index in [1.807, 2.05) is 4.90 Å². The highest BCUT2D eigenvalue weighted by molar-refractivity contribution is 5.79. The van der Waals surface area contributed by atoms with Crippen molar-refractivity contribution in [2.45, 2.75) is 58.4 Å². The average Bonchev–Trinajstić information content (AvgIpc) is 2.93. The van der Waals surface area contributed by atoms with Crippen molar-refractivity contribution in [1.29, 1.82) is 0 Å². The third kappa shape index (κ3) is 6.38. The van der Waals surface area contributed by atoms with Gasteiger partial charge in [0.1, 0.15) is 0 Å². The van der Waals surface area contributed by atoms with E-state index in [0.717, 1.165) is 64.4 Å². The molecule has 2 aliphatic rings. The Morgan fingerprint density at radius 2 is 2.00 bits per heavy atom. The molecule has 1 saturated heterocycles. The smallest absolute Gasteiger partial charge is 0.222 e. The molecule has 160 valence electrons. The number of anilines is 1. The van der Waals surface area contributed by atoms with Crippen LogP contribution in [0.2, 0.25) is 0 Å². The summed E-state index contributed by atoms with van der Waals surface area (Å²) in [7, 11) is 2.17. The van der Waals surface area contributed by atoms with Crippen molar-refractivity contribution >= 4 is 17.6 Å². The number of likely N-dealkylation sites (tertiary alicyclic amines) is 1. The SMILES string of the molecule is CCNC(=NCc1ccc2c(c1)CCCN2C)NCCCN1CCCCCC1=O. The van der Waals surface area contributed by atoms with E-state index in [0.29, 0.717) is 18.9 Å². The molecule has 0 bridgehead atoms. The second-order valence-electron chi connectivity index (χ2n) is 8.16. The molecule has 0 aromatic heterocycles. The molecule has 1 fully saturated rings. The van der Waals surface area contributed by atoms with Gasteiger partial charge in [-0.1, -0.05) is 18.6 Å². The van der Waals surface area contributed by atoms with E-state index in [4.69, 9.17) is 4.99 Å². The molecule has 0 saturated carbocycles. The van der Waals surface area contributed by atoms with E-state index >= 15 is 0 Å². The van der Waals surface area contributed by atoms with Gasteiger partial charge >= 0.3 is 0 Å². The first-order chi connectivity index (χ1) is 14.2. The summed E-state index contributed by atoms with van der Waals surface area (Å²) in [6.07, 6.45) is 7.40. The van der Waals surface area contributed by atoms with Crippen LogP contribution in [0.5, 0.6) is 0 Å². The van der Waals surface area contributed by atoms with Gasteiger partial charge in [-0.05, 0) is 56.2 Å². The monoisotopic (exact) mass is 399 g/mol. The Balaban J connectivity index is 1.49. The Morgan fingerprint density at radius 3 is 2.86 bits per heavy atom. The molecule has 0 unspecified atom stereocenters. The number of carbonyl (C=O) groups is 1. The molecule has 6 nitrogen and oxygen atoms in total. The lowest BCUT2D eigenvalue weighted by Gasteiger charge is -2.27. The second kappa shape index (κ2) is 11.1. The number of guanidine groups is 1. The lowest BCUT2D eigenvalue weighted by molar-refractivity contribution is -0.130. The summed E-state index contributed by atoms with van der Waals surface area (Å²) < 4.78 is 0. The minimum absolute atomic E-state index is 0.320. The molecule has 0 aliphatic carbocycles. The van der Waals surface area contributed by atoms with Gasteiger partial charge in [-0.2, -0.15) is 0 Å². The molecule has 0 spiro atoms. The zero-order valence-electron chi connectivity index (χ0n) is 18.2. The van der Waals surface area contributed by atoms with Crippen molar-refractivity contribution < 1.29 is 4.79 Å². The number of nitrogens with one attached hydrogen (secondary N) is 2. The third-order valence-corrected chi connectivity index (χ3v) is 5.83. The van der Waals surface area contributed by atoms with Crippen LogP contribution in [0.1, 0.15) is 56.6 Å². The molecule has 2 aliphatic heterocycles. The molecule has 3 rings (SSSR count). The predicted molar refractivity (Wildman–Crippen MR) is 121 cm³/mol. The van der Waals surface area contributed by atoms with Gasteiger partial charge in [0.25, 0.3) is 0 Å². The number of aryl methyl sites for hydroxylation is 1. The zero-order valence-corrected chi connectivity index (χ0v) is 18.2. The number of aliphatic imine (C=N–C) groups is 1. The predicted octanol–water partition coefficient (Wildman–Crippen LogP) is 2.92. The van der Waals surface area contributed by atoms with Crippen molar-refractivity contribution in [2.75, 3.05) is 44.7 Å². The van der Waals surface area contributed by atoms with Crippen LogP contribution >= 0.6 is 0 Å². The van der Waals surface area contributed by atoms with Crippen LogP contribution < -0.4 is 15.5 Å². The second-order valence-corrected chi connectivity index (χ2v) is 8.16. The maximum atomic E-state index is 12.1. The highest BCUT2D eigenvalue weighted by Gasteiger charge is 2.16. The largest absolute Gasteiger partial charge is 0.374 e. The van der Waals surface area contributed by atoms with Crippen molar-refractivity contribution in [1.82, 2.24) is 15.5 Å². The first kappa shape index (κ1) is 21.5. The summed E-state index contributed by atoms with van der Waals surface area (Å²) in [5.74, 6) is 1.17. The Labute approximate surface area is 175 Å². The summed E-state index contributed by atoms with van der Waals surface area (Å²) in [5, 5.41) is 6.75. The summed E-state index contributed by atoms with van der Waals surface area (Å²) in [4.78, 5) is 21.2. The number of hydrogen-bond donors (Lipinski definition) is 2. The maximum Gasteiger partial charge on any atom is 0.222 e. The molecular formula is C23H37N5O. The molecule has 6 heteroatoms. The van der Waals surface area contributed by atoms with Gasteiger partial charge in [-0.3, -0.25) is 4.79 Å². The van der Waals surface area contributed by atoms with Crippen LogP contribution in [-0.4, -0.2) is 56.5 Å². The minimum Gasteiger partial charge on any atom is -0.374 e. The van der Waals surface area contributed by atoms with E-state index < -0.39 is 0 Å². The lowest BCUT2D eigenvalue weighted by Crippen LogP contribution is -2.39. The van der Waals surface area contributed by atoms with Crippen LogP contribution in [0, 0.1) is 0 Å². The molecule has 1 aromatic rings. The molecule has 2 heterocycles. The Bertz CT molecular complexity index is 703. The number of carbonyl (C=O) groups excluding carboxylic acids is 1. The maximum absolute atomic E-state index is 12.1. The van der Waals surface area contributed by atoms with Crippen molar-refractivity contribution in [2.24, 2.45) is 4.99 Å². The van der Waals surface area contributed by atoms with Gasteiger partial charge < -0.3 is 20.4 Å². The van der Waals surface area contributed by atoms with Crippen LogP contribution in [0.3, 0.4) is 0 Å². The lowest BCUT2D eigenvalue weighted by atomic mass is 10.00. The van der Waals surface area contributed by atoms with Gasteiger partial charge in [-0.15, -0.1) is 0 Å². The summed E-state index contributed by atoms with van der Waals surface area (Å²) >= 11 is 0. The number of nitrogens with zero attached hydrogens (tertiary/aromatic N) is 3. The van der Waals surface area contributed by atoms with E-state index in [2.05, 4.69) is 47.7 Å². The standard InChI is InChI=1S/C23H37N5O/c1-3-24-23(25-13-8-16-28-15-6-4-5-10-22(28)29)26-18-19-11-12-21-20(17-19)9-7-14-27(21)2/h11-12,17H,3-10,13-16,18H2,1-2H3,(H2,24,25,26). The number of benzene rings is 1. The van der Waals surface area contributed by atoms with E-state index in [1.54, 1.807) is 0 Å². The number of fused-ring (bicyclic) bond motifs is 1. The fourth-order valence-corrected chi connectivity index (χ4v) is 4.20. The molecule has 1 aromatic carbocycles. The topological polar surface area (TPSA) is 60.0 Å². The van der Waals surface area contributed by atoms with Crippen molar-refractivity contribution in [3.05, 3.63) is 29.3 Å². The highest BCUT2D eigenvalue weighted by Crippen LogP contribution is 2.26. The Hall–Kier alpha value is -2.24. The first-order valence-electron chi connectivity index (χ1n) is 11.3. The minimum atomic E-state index is 0.320. The molecule has 0 atom stereocenters. The van der Waals surface area contributed by atoms with Gasteiger partial charge in [0, 0.05) is 51.9 Å². The third-order valence-electron chi connectivity index (χ3n) is 5.83. The van der Waals surface area contributed by atoms with Gasteiger partial charge in [0.15, 0.2) is 5.96 Å². The van der Waals surface area contributed by atoms with Crippen LogP contribution in [0.25, 0.3) is 0 Å². The van der Waals surface area contributed by atoms with Crippen LogP contribution in [0.15, 0.2) is 23.2 Å². The fraction of sp³-hybridized carbons (Fsp3) is 0.652. The van der Waals surface area contributed by atoms with Crippen molar-refractivity contribution in [3.8, 4) is 0 Å². The van der Waals surface area contributed by atoms with E-state index in [-0.39, 0.29) is 0 Å². The molecular weight excluding hydrogens is 362 g/mol. The average molecular weight is 400 g/mol. The van der Waals surface area contributed by atoms with Crippen LogP contribution in [0.4, 0.5) is 5.69 Å². The normalized spacial score (nSPS) is 17.7. The van der Waals surface area contributed by atoms with Gasteiger partial charge in [0.05, 0.1) is 6.54 Å². The molecule has 1 amide bonds. The van der Waals surface area contributed by atoms with Gasteiger partial charge in [-0.25, -0.2) is 4.99 Å². The zero-order chi connectivity index (χ0) is 20.5. The summed E-state index contributed by atoms with van der Waals surface area (Å²) in [6, 6.07) is 6.74. The van der Waals surface area contributed by atoms with Gasteiger partial charge in [0.2, 0.25) is 5.91 Å². The summed E-state index contributed by atoms with van der Waals surface area (Å²) in [5.41, 5.74) is 4.05.